The fourth-order valence-electron chi connectivity index (χ4n) is 7.03. The van der Waals surface area contributed by atoms with E-state index in [0.29, 0.717) is 0 Å². The van der Waals surface area contributed by atoms with Crippen molar-refractivity contribution in [2.75, 3.05) is 0 Å². The first kappa shape index (κ1) is 51.1. The molecule has 1 aliphatic carbocycles. The second kappa shape index (κ2) is 19.6. The SMILES string of the molecule is C/C(=C\C[C@H](O[Si](C)(C)C(C)(C)C)/C(C)=C/c1csc(C)n1)CCC[C@H](C)[C@H](O[Si](C)(C)C(C)(C)C)[C@@H](C)C(=O)C1([C@H](CC=O)O[Si](C)(C)C(C)(C)C)CCC1. The van der Waals surface area contributed by atoms with Gasteiger partial charge >= 0.3 is 0 Å². The Morgan fingerprint density at radius 1 is 0.857 bits per heavy atom. The minimum absolute atomic E-state index is 0.00323. The summed E-state index contributed by atoms with van der Waals surface area (Å²) >= 11 is 1.68. The molecule has 0 radical (unpaired) electrons. The summed E-state index contributed by atoms with van der Waals surface area (Å²) in [6.45, 7) is 45.1. The molecule has 0 bridgehead atoms. The van der Waals surface area contributed by atoms with Crippen LogP contribution in [0.3, 0.4) is 0 Å². The lowest BCUT2D eigenvalue weighted by molar-refractivity contribution is -0.152. The van der Waals surface area contributed by atoms with E-state index in [1.807, 2.05) is 0 Å². The summed E-state index contributed by atoms with van der Waals surface area (Å²) in [5.41, 5.74) is 2.97. The number of aryl methyl sites for hydroxylation is 1. The number of carbonyl (C=O) groups is 2. The minimum atomic E-state index is -2.23. The molecule has 10 heteroatoms. The quantitative estimate of drug-likeness (QED) is 0.0697. The molecule has 6 nitrogen and oxygen atoms in total. The van der Waals surface area contributed by atoms with Crippen LogP contribution in [0.25, 0.3) is 6.08 Å². The number of rotatable bonds is 21. The van der Waals surface area contributed by atoms with E-state index in [-0.39, 0.29) is 57.5 Å². The molecule has 5 atom stereocenters. The Hall–Kier alpha value is -1.02. The number of nitrogens with zero attached hydrogens (tertiary/aromatic N) is 1. The van der Waals surface area contributed by atoms with E-state index in [1.165, 1.54) is 11.1 Å². The molecule has 1 fully saturated rings. The number of hydrogen-bond donors (Lipinski definition) is 0. The lowest BCUT2D eigenvalue weighted by Gasteiger charge is -2.52. The van der Waals surface area contributed by atoms with Gasteiger partial charge in [0.2, 0.25) is 0 Å². The molecule has 1 aliphatic rings. The third-order valence-electron chi connectivity index (χ3n) is 14.3. The van der Waals surface area contributed by atoms with Gasteiger partial charge in [0, 0.05) is 17.7 Å². The molecule has 2 rings (SSSR count). The maximum Gasteiger partial charge on any atom is 0.192 e. The van der Waals surface area contributed by atoms with Gasteiger partial charge in [-0.05, 0) is 131 Å². The number of aldehydes is 1. The molecule has 1 aromatic rings. The Balaban J connectivity index is 2.34. The van der Waals surface area contributed by atoms with Crippen molar-refractivity contribution in [3.8, 4) is 0 Å². The van der Waals surface area contributed by atoms with Gasteiger partial charge in [0.25, 0.3) is 0 Å². The molecule has 0 aliphatic heterocycles. The molecule has 0 unspecified atom stereocenters. The Kier molecular flexibility index (Phi) is 17.9. The second-order valence-electron chi connectivity index (χ2n) is 22.0. The van der Waals surface area contributed by atoms with Gasteiger partial charge in [0.15, 0.2) is 25.0 Å². The zero-order chi connectivity index (χ0) is 43.3. The van der Waals surface area contributed by atoms with E-state index in [9.17, 15) is 9.59 Å². The van der Waals surface area contributed by atoms with Crippen molar-refractivity contribution in [1.29, 1.82) is 0 Å². The van der Waals surface area contributed by atoms with Crippen molar-refractivity contribution in [1.82, 2.24) is 4.98 Å². The highest BCUT2D eigenvalue weighted by Crippen LogP contribution is 2.52. The molecule has 0 aromatic carbocycles. The lowest BCUT2D eigenvalue weighted by Crippen LogP contribution is -2.58. The van der Waals surface area contributed by atoms with E-state index in [4.69, 9.17) is 18.3 Å². The predicted octanol–water partition coefficient (Wildman–Crippen LogP) is 14.1. The first-order chi connectivity index (χ1) is 25.3. The fraction of sp³-hybridized carbons (Fsp3) is 0.804. The molecule has 0 saturated heterocycles. The summed E-state index contributed by atoms with van der Waals surface area (Å²) in [7, 11) is -6.46. The third kappa shape index (κ3) is 13.2. The zero-order valence-corrected chi connectivity index (χ0v) is 43.6. The Labute approximate surface area is 352 Å². The Morgan fingerprint density at radius 3 is 1.82 bits per heavy atom. The summed E-state index contributed by atoms with van der Waals surface area (Å²) in [6, 6.07) is 0. The van der Waals surface area contributed by atoms with Gasteiger partial charge in [-0.1, -0.05) is 94.2 Å². The number of hydrogen-bond acceptors (Lipinski definition) is 7. The maximum atomic E-state index is 15.0. The van der Waals surface area contributed by atoms with Gasteiger partial charge in [-0.15, -0.1) is 11.3 Å². The fourth-order valence-corrected chi connectivity index (χ4v) is 11.8. The summed E-state index contributed by atoms with van der Waals surface area (Å²) in [6.07, 6.45) is 11.6. The van der Waals surface area contributed by atoms with Gasteiger partial charge in [-0.3, -0.25) is 4.79 Å². The number of Topliss-reactive ketones (excluding diaryl/α,β-unsaturated/α-hetero) is 1. The van der Waals surface area contributed by atoms with Crippen LogP contribution >= 0.6 is 11.3 Å². The minimum Gasteiger partial charge on any atom is -0.413 e. The van der Waals surface area contributed by atoms with Crippen molar-refractivity contribution in [2.24, 2.45) is 17.3 Å². The van der Waals surface area contributed by atoms with Crippen LogP contribution in [-0.2, 0) is 22.9 Å². The van der Waals surface area contributed by atoms with E-state index in [0.717, 1.165) is 61.9 Å². The van der Waals surface area contributed by atoms with Gasteiger partial charge in [-0.25, -0.2) is 4.98 Å². The molecular formula is C46H85NO5SSi3. The average molecular weight is 849 g/mol. The molecule has 56 heavy (non-hydrogen) atoms. The van der Waals surface area contributed by atoms with Crippen molar-refractivity contribution >= 4 is 54.4 Å². The zero-order valence-electron chi connectivity index (χ0n) is 39.7. The largest absolute Gasteiger partial charge is 0.413 e. The van der Waals surface area contributed by atoms with E-state index in [2.05, 4.69) is 154 Å². The maximum absolute atomic E-state index is 15.0. The Bertz CT molecular complexity index is 1500. The average Bonchev–Trinajstić information content (AvgIpc) is 3.42. The molecule has 1 aromatic heterocycles. The van der Waals surface area contributed by atoms with E-state index < -0.39 is 30.4 Å². The predicted molar refractivity (Wildman–Crippen MR) is 249 cm³/mol. The smallest absolute Gasteiger partial charge is 0.192 e. The van der Waals surface area contributed by atoms with Crippen molar-refractivity contribution < 1.29 is 22.9 Å². The first-order valence-corrected chi connectivity index (χ1v) is 31.2. The lowest BCUT2D eigenvalue weighted by atomic mass is 9.59. The molecule has 0 N–H and O–H groups in total. The summed E-state index contributed by atoms with van der Waals surface area (Å²) in [4.78, 5) is 31.8. The van der Waals surface area contributed by atoms with Crippen molar-refractivity contribution in [3.05, 3.63) is 33.3 Å². The van der Waals surface area contributed by atoms with Crippen molar-refractivity contribution in [2.45, 2.75) is 221 Å². The van der Waals surface area contributed by atoms with Gasteiger partial charge < -0.3 is 18.1 Å². The van der Waals surface area contributed by atoms with Crippen LogP contribution in [0.1, 0.15) is 152 Å². The standard InChI is InChI=1S/C46H85NO5SSi3/c1-33(25-26-39(50-54(15,16)43(6,7)8)35(3)31-38-32-53-37(5)47-38)23-21-24-34(2)41(52-56(19,20)45(12,13)14)36(4)42(49)46(28-22-29-46)40(27-30-48)51-55(17,18)44(9,10)11/h25,30-32,34,36,39-41H,21-24,26-29H2,1-20H3/b33-25+,35-31+/t34-,36+,39-,40-,41-/m0/s1. The number of thiazole rings is 1. The second-order valence-corrected chi connectivity index (χ2v) is 37.3. The summed E-state index contributed by atoms with van der Waals surface area (Å²) in [5.74, 6) is 0.142. The third-order valence-corrected chi connectivity index (χ3v) is 28.5. The van der Waals surface area contributed by atoms with Crippen molar-refractivity contribution in [3.63, 3.8) is 0 Å². The molecular weight excluding hydrogens is 763 g/mol. The van der Waals surface area contributed by atoms with Crippen LogP contribution in [0.2, 0.25) is 54.4 Å². The monoisotopic (exact) mass is 848 g/mol. The number of ketones is 1. The highest BCUT2D eigenvalue weighted by Gasteiger charge is 2.56. The summed E-state index contributed by atoms with van der Waals surface area (Å²) in [5, 5.41) is 3.31. The van der Waals surface area contributed by atoms with Gasteiger partial charge in [-0.2, -0.15) is 0 Å². The van der Waals surface area contributed by atoms with Crippen LogP contribution in [0.15, 0.2) is 22.6 Å². The molecule has 0 amide bonds. The van der Waals surface area contributed by atoms with Gasteiger partial charge in [0.1, 0.15) is 12.1 Å². The van der Waals surface area contributed by atoms with E-state index in [1.54, 1.807) is 11.3 Å². The van der Waals surface area contributed by atoms with Crippen LogP contribution < -0.4 is 0 Å². The molecule has 0 spiro atoms. The van der Waals surface area contributed by atoms with Crippen LogP contribution in [0, 0.1) is 24.2 Å². The highest BCUT2D eigenvalue weighted by atomic mass is 32.1. The summed E-state index contributed by atoms with van der Waals surface area (Å²) < 4.78 is 21.3. The van der Waals surface area contributed by atoms with Crippen LogP contribution in [0.4, 0.5) is 0 Å². The molecule has 322 valence electrons. The molecule has 1 saturated carbocycles. The molecule has 1 heterocycles. The van der Waals surface area contributed by atoms with Crippen LogP contribution in [0.5, 0.6) is 0 Å². The number of carbonyl (C=O) groups excluding carboxylic acids is 2. The van der Waals surface area contributed by atoms with Crippen LogP contribution in [-0.4, -0.2) is 60.3 Å². The Morgan fingerprint density at radius 2 is 1.38 bits per heavy atom. The van der Waals surface area contributed by atoms with Gasteiger partial charge in [0.05, 0.1) is 34.4 Å². The topological polar surface area (TPSA) is 74.7 Å². The number of aromatic nitrogens is 1. The number of allylic oxidation sites excluding steroid dienone is 1. The van der Waals surface area contributed by atoms with E-state index >= 15 is 0 Å². The first-order valence-electron chi connectivity index (χ1n) is 21.6. The normalized spacial score (nSPS) is 19.2. The highest BCUT2D eigenvalue weighted by molar-refractivity contribution is 7.09.